The molecule has 0 unspecified atom stereocenters. The molecule has 5 nitrogen and oxygen atoms in total. The number of hydrogen-bond donors (Lipinski definition) is 1. The van der Waals surface area contributed by atoms with Crippen LogP contribution in [0.2, 0.25) is 0 Å². The fraction of sp³-hybridized carbons (Fsp3) is 0.667. The van der Waals surface area contributed by atoms with E-state index in [2.05, 4.69) is 45.1 Å². The highest BCUT2D eigenvalue weighted by Crippen LogP contribution is 2.42. The Labute approximate surface area is 163 Å². The van der Waals surface area contributed by atoms with Crippen molar-refractivity contribution in [1.29, 1.82) is 0 Å². The molecule has 1 saturated heterocycles. The smallest absolute Gasteiger partial charge is 0.444 e. The number of alkyl carbamates (subject to hydrolysis) is 1. The van der Waals surface area contributed by atoms with Gasteiger partial charge in [-0.15, -0.1) is 0 Å². The van der Waals surface area contributed by atoms with Gasteiger partial charge in [-0.3, -0.25) is 0 Å². The summed E-state index contributed by atoms with van der Waals surface area (Å²) in [5.41, 5.74) is 2.24. The molecular formula is C21H32BNO4. The van der Waals surface area contributed by atoms with Crippen molar-refractivity contribution in [2.45, 2.75) is 90.6 Å². The van der Waals surface area contributed by atoms with Gasteiger partial charge >= 0.3 is 13.2 Å². The monoisotopic (exact) mass is 373 g/mol. The van der Waals surface area contributed by atoms with Crippen molar-refractivity contribution in [2.75, 3.05) is 0 Å². The fourth-order valence-corrected chi connectivity index (χ4v) is 3.16. The number of carbonyl (C=O) groups excluding carboxylic acids is 1. The quantitative estimate of drug-likeness (QED) is 0.814. The van der Waals surface area contributed by atoms with Crippen LogP contribution >= 0.6 is 0 Å². The average Bonchev–Trinajstić information content (AvgIpc) is 3.31. The van der Waals surface area contributed by atoms with E-state index in [1.807, 2.05) is 26.8 Å². The highest BCUT2D eigenvalue weighted by atomic mass is 16.7. The average molecular weight is 373 g/mol. The van der Waals surface area contributed by atoms with E-state index >= 15 is 0 Å². The summed E-state index contributed by atoms with van der Waals surface area (Å²) in [6.45, 7) is 14.3. The van der Waals surface area contributed by atoms with E-state index in [0.717, 1.165) is 11.0 Å². The van der Waals surface area contributed by atoms with Crippen LogP contribution in [0.1, 0.15) is 78.4 Å². The van der Waals surface area contributed by atoms with E-state index in [4.69, 9.17) is 14.0 Å². The van der Waals surface area contributed by atoms with E-state index < -0.39 is 5.60 Å². The molecule has 148 valence electrons. The van der Waals surface area contributed by atoms with Gasteiger partial charge in [-0.25, -0.2) is 4.79 Å². The van der Waals surface area contributed by atoms with Crippen LogP contribution in [0.5, 0.6) is 0 Å². The summed E-state index contributed by atoms with van der Waals surface area (Å²) in [6.07, 6.45) is 1.98. The summed E-state index contributed by atoms with van der Waals surface area (Å²) in [5.74, 6) is 0.558. The minimum atomic E-state index is -0.496. The van der Waals surface area contributed by atoms with Crippen LogP contribution in [-0.2, 0) is 20.6 Å². The second-order valence-electron chi connectivity index (χ2n) is 9.68. The van der Waals surface area contributed by atoms with Crippen LogP contribution in [0.4, 0.5) is 4.79 Å². The molecule has 1 aromatic rings. The molecular weight excluding hydrogens is 341 g/mol. The Morgan fingerprint density at radius 1 is 1.19 bits per heavy atom. The summed E-state index contributed by atoms with van der Waals surface area (Å²) in [4.78, 5) is 12.0. The van der Waals surface area contributed by atoms with Gasteiger partial charge in [0, 0.05) is 6.54 Å². The zero-order valence-corrected chi connectivity index (χ0v) is 17.6. The molecule has 1 aromatic carbocycles. The van der Waals surface area contributed by atoms with Crippen molar-refractivity contribution >= 4 is 18.7 Å². The molecule has 1 amide bonds. The van der Waals surface area contributed by atoms with Gasteiger partial charge in [-0.1, -0.05) is 18.2 Å². The van der Waals surface area contributed by atoms with Crippen molar-refractivity contribution in [3.63, 3.8) is 0 Å². The van der Waals surface area contributed by atoms with Crippen LogP contribution in [0.25, 0.3) is 0 Å². The lowest BCUT2D eigenvalue weighted by Crippen LogP contribution is -2.41. The lowest BCUT2D eigenvalue weighted by atomic mass is 9.77. The van der Waals surface area contributed by atoms with Gasteiger partial charge in [0.2, 0.25) is 0 Å². The molecule has 1 heterocycles. The zero-order valence-electron chi connectivity index (χ0n) is 17.6. The third kappa shape index (κ3) is 4.67. The lowest BCUT2D eigenvalue weighted by molar-refractivity contribution is 0.00578. The second-order valence-corrected chi connectivity index (χ2v) is 9.68. The van der Waals surface area contributed by atoms with Crippen molar-refractivity contribution in [3.8, 4) is 0 Å². The van der Waals surface area contributed by atoms with Crippen molar-refractivity contribution in [3.05, 3.63) is 29.3 Å². The predicted molar refractivity (Wildman–Crippen MR) is 107 cm³/mol. The summed E-state index contributed by atoms with van der Waals surface area (Å²) >= 11 is 0. The van der Waals surface area contributed by atoms with Gasteiger partial charge in [-0.2, -0.15) is 0 Å². The van der Waals surface area contributed by atoms with E-state index in [9.17, 15) is 4.79 Å². The molecule has 0 bridgehead atoms. The molecule has 27 heavy (non-hydrogen) atoms. The van der Waals surface area contributed by atoms with Crippen LogP contribution in [0, 0.1) is 0 Å². The van der Waals surface area contributed by atoms with Gasteiger partial charge in [-0.05, 0) is 83.8 Å². The first kappa shape index (κ1) is 20.2. The number of hydrogen-bond acceptors (Lipinski definition) is 4. The van der Waals surface area contributed by atoms with Gasteiger partial charge < -0.3 is 19.4 Å². The number of rotatable bonds is 4. The molecule has 0 radical (unpaired) electrons. The molecule has 1 aliphatic heterocycles. The molecule has 1 N–H and O–H groups in total. The van der Waals surface area contributed by atoms with Gasteiger partial charge in [0.05, 0.1) is 11.2 Å². The summed E-state index contributed by atoms with van der Waals surface area (Å²) in [5, 5.41) is 2.87. The predicted octanol–water partition coefficient (Wildman–Crippen LogP) is 3.89. The third-order valence-electron chi connectivity index (χ3n) is 5.53. The first-order valence-electron chi connectivity index (χ1n) is 9.83. The molecule has 3 rings (SSSR count). The van der Waals surface area contributed by atoms with Crippen LogP contribution in [0.15, 0.2) is 18.2 Å². The SMILES string of the molecule is CC(C)(C)OC(=O)NCc1ccc(B2OC(C)(C)C(C)(C)O2)cc1C1CC1. The first-order chi connectivity index (χ1) is 12.4. The molecule has 1 aliphatic carbocycles. The Kier molecular flexibility index (Phi) is 5.11. The molecule has 1 saturated carbocycles. The second kappa shape index (κ2) is 6.82. The topological polar surface area (TPSA) is 56.8 Å². The van der Waals surface area contributed by atoms with Crippen LogP contribution in [-0.4, -0.2) is 30.0 Å². The number of benzene rings is 1. The zero-order chi connectivity index (χ0) is 20.0. The van der Waals surface area contributed by atoms with Crippen LogP contribution in [0.3, 0.4) is 0 Å². The lowest BCUT2D eigenvalue weighted by Gasteiger charge is -2.32. The molecule has 0 atom stereocenters. The third-order valence-corrected chi connectivity index (χ3v) is 5.53. The van der Waals surface area contributed by atoms with Gasteiger partial charge in [0.25, 0.3) is 0 Å². The first-order valence-corrected chi connectivity index (χ1v) is 9.83. The van der Waals surface area contributed by atoms with Crippen molar-refractivity contribution in [2.24, 2.45) is 0 Å². The molecule has 0 spiro atoms. The van der Waals surface area contributed by atoms with Crippen LogP contribution < -0.4 is 10.8 Å². The number of ether oxygens (including phenoxy) is 1. The Morgan fingerprint density at radius 2 is 1.78 bits per heavy atom. The molecule has 6 heteroatoms. The summed E-state index contributed by atoms with van der Waals surface area (Å²) in [7, 11) is -0.361. The molecule has 0 aromatic heterocycles. The van der Waals surface area contributed by atoms with E-state index in [-0.39, 0.29) is 24.4 Å². The maximum atomic E-state index is 12.0. The van der Waals surface area contributed by atoms with Crippen molar-refractivity contribution in [1.82, 2.24) is 5.32 Å². The van der Waals surface area contributed by atoms with Crippen molar-refractivity contribution < 1.29 is 18.8 Å². The Balaban J connectivity index is 1.74. The number of carbonyl (C=O) groups is 1. The number of amides is 1. The van der Waals surface area contributed by atoms with Gasteiger partial charge in [0.1, 0.15) is 5.60 Å². The largest absolute Gasteiger partial charge is 0.494 e. The number of nitrogens with one attached hydrogen (secondary N) is 1. The normalized spacial score (nSPS) is 21.2. The maximum absolute atomic E-state index is 12.0. The maximum Gasteiger partial charge on any atom is 0.494 e. The standard InChI is InChI=1S/C21H32BNO4/c1-19(2,3)25-18(24)23-13-15-10-11-16(12-17(15)14-8-9-14)22-26-20(4,5)21(6,7)27-22/h10-12,14H,8-9,13H2,1-7H3,(H,23,24). The Morgan fingerprint density at radius 3 is 2.30 bits per heavy atom. The molecule has 2 fully saturated rings. The Hall–Kier alpha value is -1.53. The minimum absolute atomic E-state index is 0.353. The summed E-state index contributed by atoms with van der Waals surface area (Å²) < 4.78 is 17.7. The highest BCUT2D eigenvalue weighted by molar-refractivity contribution is 6.62. The fourth-order valence-electron chi connectivity index (χ4n) is 3.16. The Bertz CT molecular complexity index is 703. The van der Waals surface area contributed by atoms with E-state index in [1.165, 1.54) is 18.4 Å². The van der Waals surface area contributed by atoms with E-state index in [0.29, 0.717) is 12.5 Å². The van der Waals surface area contributed by atoms with Gasteiger partial charge in [0.15, 0.2) is 0 Å². The molecule has 2 aliphatic rings. The highest BCUT2D eigenvalue weighted by Gasteiger charge is 2.51. The minimum Gasteiger partial charge on any atom is -0.444 e. The summed E-state index contributed by atoms with van der Waals surface area (Å²) in [6, 6.07) is 6.30. The van der Waals surface area contributed by atoms with E-state index in [1.54, 1.807) is 0 Å².